The molecule has 0 bridgehead atoms. The molecule has 1 aromatic rings. The molecule has 0 spiro atoms. The molecule has 48 heavy (non-hydrogen) atoms. The number of benzene rings is 1. The van der Waals surface area contributed by atoms with Crippen molar-refractivity contribution in [1.82, 2.24) is 0 Å². The molecule has 0 aromatic heterocycles. The van der Waals surface area contributed by atoms with Crippen molar-refractivity contribution >= 4 is 0 Å². The van der Waals surface area contributed by atoms with Gasteiger partial charge in [-0.25, -0.2) is 0 Å². The summed E-state index contributed by atoms with van der Waals surface area (Å²) in [6.45, 7) is 16.9. The minimum atomic E-state index is 0.516. The minimum absolute atomic E-state index is 0.516. The number of aryl methyl sites for hydroxylation is 1. The minimum Gasteiger partial charge on any atom is -0.491 e. The summed E-state index contributed by atoms with van der Waals surface area (Å²) in [7, 11) is 0. The maximum atomic E-state index is 5.77. The van der Waals surface area contributed by atoms with E-state index >= 15 is 0 Å². The van der Waals surface area contributed by atoms with Crippen molar-refractivity contribution in [3.05, 3.63) is 42.5 Å². The molecule has 0 aliphatic carbocycles. The van der Waals surface area contributed by atoms with Gasteiger partial charge >= 0.3 is 0 Å². The molecule has 0 unspecified atom stereocenters. The molecule has 0 aliphatic heterocycles. The number of unbranched alkanes of at least 4 members (excludes halogenated alkanes) is 5. The summed E-state index contributed by atoms with van der Waals surface area (Å²) in [5.74, 6) is 0.886. The van der Waals surface area contributed by atoms with Crippen molar-refractivity contribution in [2.45, 2.75) is 51.9 Å². The second kappa shape index (κ2) is 38.2. The van der Waals surface area contributed by atoms with Gasteiger partial charge < -0.3 is 52.1 Å². The van der Waals surface area contributed by atoms with Crippen molar-refractivity contribution in [1.29, 1.82) is 0 Å². The maximum Gasteiger partial charge on any atom is 0.119 e. The van der Waals surface area contributed by atoms with E-state index in [-0.39, 0.29) is 0 Å². The highest BCUT2D eigenvalue weighted by atomic mass is 16.6. The summed E-state index contributed by atoms with van der Waals surface area (Å²) >= 11 is 0. The molecule has 0 amide bonds. The van der Waals surface area contributed by atoms with Crippen LogP contribution < -0.4 is 4.74 Å². The summed E-state index contributed by atoms with van der Waals surface area (Å²) in [4.78, 5) is 0. The van der Waals surface area contributed by atoms with Crippen LogP contribution in [0.4, 0.5) is 0 Å². The zero-order chi connectivity index (χ0) is 34.3. The van der Waals surface area contributed by atoms with E-state index in [0.29, 0.717) is 139 Å². The second-order valence-electron chi connectivity index (χ2n) is 10.9. The Bertz CT molecular complexity index is 766. The van der Waals surface area contributed by atoms with Gasteiger partial charge in [-0.2, -0.15) is 0 Å². The van der Waals surface area contributed by atoms with Crippen LogP contribution in [-0.4, -0.2) is 139 Å². The molecule has 1 rings (SSSR count). The maximum absolute atomic E-state index is 5.77. The van der Waals surface area contributed by atoms with Gasteiger partial charge in [0.15, 0.2) is 0 Å². The molecule has 1 aromatic carbocycles. The smallest absolute Gasteiger partial charge is 0.119 e. The molecule has 0 fully saturated rings. The third-order valence-corrected chi connectivity index (χ3v) is 6.82. The summed E-state index contributed by atoms with van der Waals surface area (Å²) in [6.07, 6.45) is 10.8. The molecule has 11 nitrogen and oxygen atoms in total. The van der Waals surface area contributed by atoms with E-state index in [2.05, 4.69) is 37.8 Å². The first-order valence-electron chi connectivity index (χ1n) is 18.0. The number of hydrogen-bond acceptors (Lipinski definition) is 11. The highest BCUT2D eigenvalue weighted by Crippen LogP contribution is 2.15. The van der Waals surface area contributed by atoms with Gasteiger partial charge in [-0.3, -0.25) is 0 Å². The topological polar surface area (TPSA) is 102 Å². The molecule has 0 N–H and O–H groups in total. The molecule has 0 saturated heterocycles. The van der Waals surface area contributed by atoms with Crippen LogP contribution in [0.1, 0.15) is 51.0 Å². The number of hydrogen-bond donors (Lipinski definition) is 0. The van der Waals surface area contributed by atoms with Crippen LogP contribution in [-0.2, 0) is 53.8 Å². The summed E-state index contributed by atoms with van der Waals surface area (Å²) in [5, 5.41) is 0. The van der Waals surface area contributed by atoms with Crippen LogP contribution in [0.2, 0.25) is 0 Å². The third kappa shape index (κ3) is 32.9. The molecule has 11 heteroatoms. The van der Waals surface area contributed by atoms with Crippen molar-refractivity contribution in [3.8, 4) is 5.75 Å². The fourth-order valence-corrected chi connectivity index (χ4v) is 4.23. The van der Waals surface area contributed by atoms with Crippen LogP contribution >= 0.6 is 0 Å². The van der Waals surface area contributed by atoms with Crippen molar-refractivity contribution in [2.75, 3.05) is 139 Å². The van der Waals surface area contributed by atoms with Gasteiger partial charge in [-0.1, -0.05) is 57.2 Å². The molecule has 0 heterocycles. The Morgan fingerprint density at radius 2 is 0.750 bits per heavy atom. The highest BCUT2D eigenvalue weighted by Gasteiger charge is 1.99. The van der Waals surface area contributed by atoms with Gasteiger partial charge in [0, 0.05) is 0 Å². The van der Waals surface area contributed by atoms with Gasteiger partial charge in [-0.05, 0) is 30.5 Å². The van der Waals surface area contributed by atoms with Crippen molar-refractivity contribution in [2.24, 2.45) is 0 Å². The number of rotatable bonds is 40. The summed E-state index contributed by atoms with van der Waals surface area (Å²) in [5.41, 5.74) is 1.38. The van der Waals surface area contributed by atoms with E-state index in [1.165, 1.54) is 44.1 Å². The number of ether oxygens (including phenoxy) is 11. The van der Waals surface area contributed by atoms with Gasteiger partial charge in [0.05, 0.1) is 132 Å². The van der Waals surface area contributed by atoms with Gasteiger partial charge in [0.2, 0.25) is 0 Å². The van der Waals surface area contributed by atoms with Crippen LogP contribution in [0.5, 0.6) is 5.75 Å². The first-order chi connectivity index (χ1) is 23.9. The molecule has 0 radical (unpaired) electrons. The average molecular weight is 687 g/mol. The Morgan fingerprint density at radius 1 is 0.417 bits per heavy atom. The average Bonchev–Trinajstić information content (AvgIpc) is 3.11. The Labute approximate surface area is 290 Å². The predicted molar refractivity (Wildman–Crippen MR) is 187 cm³/mol. The zero-order valence-corrected chi connectivity index (χ0v) is 29.9. The van der Waals surface area contributed by atoms with E-state index in [1.54, 1.807) is 6.08 Å². The predicted octanol–water partition coefficient (Wildman–Crippen LogP) is 5.32. The fraction of sp³-hybridized carbons (Fsp3) is 0.784. The molecular weight excluding hydrogens is 620 g/mol. The van der Waals surface area contributed by atoms with Crippen LogP contribution in [0.15, 0.2) is 36.9 Å². The quantitative estimate of drug-likeness (QED) is 0.0663. The molecule has 280 valence electrons. The SMILES string of the molecule is C=CCOCCOCCOCCOCCOCCOCCOCCOCCOCCOCCOc1ccc(CCCCCCCC)cc1. The fourth-order valence-electron chi connectivity index (χ4n) is 4.23. The standard InChI is InChI=1S/C37H66O11/c1-3-5-6-7-8-9-10-36-11-13-37(14-12-36)48-35-34-47-33-32-46-31-30-45-29-28-44-27-26-43-25-24-42-23-22-41-21-20-40-19-18-39-17-16-38-15-4-2/h4,11-14H,2-3,5-10,15-35H2,1H3. The zero-order valence-electron chi connectivity index (χ0n) is 29.9. The Kier molecular flexibility index (Phi) is 35.3. The van der Waals surface area contributed by atoms with Gasteiger partial charge in [0.25, 0.3) is 0 Å². The largest absolute Gasteiger partial charge is 0.491 e. The Hall–Kier alpha value is -1.64. The lowest BCUT2D eigenvalue weighted by molar-refractivity contribution is -0.0264. The lowest BCUT2D eigenvalue weighted by atomic mass is 10.0. The van der Waals surface area contributed by atoms with Crippen LogP contribution in [0.25, 0.3) is 0 Å². The Balaban J connectivity index is 1.69. The summed E-state index contributed by atoms with van der Waals surface area (Å²) in [6, 6.07) is 8.44. The van der Waals surface area contributed by atoms with Crippen molar-refractivity contribution in [3.63, 3.8) is 0 Å². The normalized spacial score (nSPS) is 11.4. The molecular formula is C37H66O11. The first-order valence-corrected chi connectivity index (χ1v) is 18.0. The Morgan fingerprint density at radius 3 is 1.12 bits per heavy atom. The second-order valence-corrected chi connectivity index (χ2v) is 10.9. The van der Waals surface area contributed by atoms with Crippen LogP contribution in [0.3, 0.4) is 0 Å². The van der Waals surface area contributed by atoms with Crippen LogP contribution in [0, 0.1) is 0 Å². The highest BCUT2D eigenvalue weighted by molar-refractivity contribution is 5.27. The summed E-state index contributed by atoms with van der Waals surface area (Å²) < 4.78 is 60.4. The van der Waals surface area contributed by atoms with E-state index in [1.807, 2.05) is 0 Å². The lowest BCUT2D eigenvalue weighted by Crippen LogP contribution is -2.15. The van der Waals surface area contributed by atoms with Gasteiger partial charge in [-0.15, -0.1) is 6.58 Å². The molecule has 0 aliphatic rings. The monoisotopic (exact) mass is 686 g/mol. The molecule has 0 saturated carbocycles. The molecule has 0 atom stereocenters. The third-order valence-electron chi connectivity index (χ3n) is 6.82. The first kappa shape index (κ1) is 44.4. The lowest BCUT2D eigenvalue weighted by Gasteiger charge is -2.09. The van der Waals surface area contributed by atoms with Crippen molar-refractivity contribution < 1.29 is 52.1 Å². The van der Waals surface area contributed by atoms with E-state index < -0.39 is 0 Å². The van der Waals surface area contributed by atoms with E-state index in [4.69, 9.17) is 52.1 Å². The van der Waals surface area contributed by atoms with E-state index in [9.17, 15) is 0 Å². The van der Waals surface area contributed by atoms with E-state index in [0.717, 1.165) is 12.2 Å². The van der Waals surface area contributed by atoms with Gasteiger partial charge in [0.1, 0.15) is 12.4 Å².